The van der Waals surface area contributed by atoms with E-state index in [1.165, 1.54) is 0 Å². The average Bonchev–Trinajstić information content (AvgIpc) is 2.57. The molecule has 0 fully saturated rings. The minimum atomic E-state index is -6.60. The number of aliphatic hydroxyl groups is 4. The van der Waals surface area contributed by atoms with Crippen LogP contribution < -0.4 is 0 Å². The van der Waals surface area contributed by atoms with Crippen molar-refractivity contribution in [2.75, 3.05) is 26.4 Å². The molecule has 0 aromatic carbocycles. The van der Waals surface area contributed by atoms with Crippen molar-refractivity contribution in [2.45, 2.75) is 30.2 Å². The van der Waals surface area contributed by atoms with Crippen molar-refractivity contribution >= 4 is 11.9 Å². The lowest BCUT2D eigenvalue weighted by molar-refractivity contribution is -0.357. The lowest BCUT2D eigenvalue weighted by Crippen LogP contribution is -2.63. The fourth-order valence-corrected chi connectivity index (χ4v) is 1.43. The molecule has 17 heteroatoms. The molecule has 29 heavy (non-hydrogen) atoms. The van der Waals surface area contributed by atoms with E-state index in [9.17, 15) is 49.1 Å². The van der Waals surface area contributed by atoms with Crippen LogP contribution in [0.2, 0.25) is 0 Å². The quantitative estimate of drug-likeness (QED) is 0.292. The van der Waals surface area contributed by atoms with E-state index in [2.05, 4.69) is 9.47 Å². The molecule has 0 rings (SSSR count). The van der Waals surface area contributed by atoms with Crippen molar-refractivity contribution in [3.63, 3.8) is 0 Å². The molecule has 0 saturated carbocycles. The number of rotatable bonds is 8. The van der Waals surface area contributed by atoms with Gasteiger partial charge in [-0.05, 0) is 0 Å². The molecule has 0 amide bonds. The van der Waals surface area contributed by atoms with Crippen LogP contribution in [0.15, 0.2) is 0 Å². The van der Waals surface area contributed by atoms with E-state index < -0.39 is 74.0 Å². The highest BCUT2D eigenvalue weighted by atomic mass is 19.4. The van der Waals surface area contributed by atoms with Crippen LogP contribution in [0.3, 0.4) is 0 Å². The number of esters is 2. The first-order chi connectivity index (χ1) is 12.8. The molecule has 0 aliphatic heterocycles. The molecule has 0 aliphatic carbocycles. The second-order valence-corrected chi connectivity index (χ2v) is 5.65. The van der Waals surface area contributed by atoms with E-state index in [0.717, 1.165) is 0 Å². The summed E-state index contributed by atoms with van der Waals surface area (Å²) in [4.78, 5) is 22.3. The molecule has 0 aromatic heterocycles. The monoisotopic (exact) mass is 456 g/mol. The number of alkyl halides is 9. The Labute approximate surface area is 154 Å². The third-order valence-electron chi connectivity index (χ3n) is 3.35. The minimum absolute atomic E-state index is 1.48. The van der Waals surface area contributed by atoms with Gasteiger partial charge in [-0.3, -0.25) is 0 Å². The molecule has 0 aromatic rings. The first-order valence-corrected chi connectivity index (χ1v) is 6.95. The molecule has 0 heterocycles. The Hall–Kier alpha value is -1.85. The summed E-state index contributed by atoms with van der Waals surface area (Å²) in [5, 5.41) is 35.6. The minimum Gasteiger partial charge on any atom is -0.463 e. The molecular weight excluding hydrogens is 443 g/mol. The predicted octanol–water partition coefficient (Wildman–Crippen LogP) is -0.177. The van der Waals surface area contributed by atoms with Crippen LogP contribution in [0, 0.1) is 5.41 Å². The molecule has 1 atom stereocenters. The molecule has 0 bridgehead atoms. The summed E-state index contributed by atoms with van der Waals surface area (Å²) in [6, 6.07) is 0. The van der Waals surface area contributed by atoms with Crippen LogP contribution in [0.25, 0.3) is 0 Å². The van der Waals surface area contributed by atoms with E-state index in [-0.39, 0.29) is 0 Å². The van der Waals surface area contributed by atoms with Crippen LogP contribution >= 0.6 is 0 Å². The van der Waals surface area contributed by atoms with E-state index in [1.54, 1.807) is 0 Å². The largest absolute Gasteiger partial charge is 0.463 e. The van der Waals surface area contributed by atoms with Gasteiger partial charge in [0.1, 0.15) is 13.2 Å². The number of carbonyl (C=O) groups is 2. The fraction of sp³-hybridized carbons (Fsp3) is 0.833. The summed E-state index contributed by atoms with van der Waals surface area (Å²) in [5.74, 6) is -5.72. The Balaban J connectivity index is 5.40. The maximum Gasteiger partial charge on any atom is 0.437 e. The van der Waals surface area contributed by atoms with Gasteiger partial charge in [0.05, 0.1) is 18.6 Å². The third kappa shape index (κ3) is 6.06. The smallest absolute Gasteiger partial charge is 0.437 e. The van der Waals surface area contributed by atoms with Crippen molar-refractivity contribution in [3.8, 4) is 0 Å². The fourth-order valence-electron chi connectivity index (χ4n) is 1.43. The van der Waals surface area contributed by atoms with E-state index >= 15 is 0 Å². The summed E-state index contributed by atoms with van der Waals surface area (Å²) in [6.07, 6.45) is -22.4. The Morgan fingerprint density at radius 3 is 1.48 bits per heavy atom. The molecule has 1 unspecified atom stereocenters. The van der Waals surface area contributed by atoms with Crippen LogP contribution in [-0.4, -0.2) is 89.0 Å². The van der Waals surface area contributed by atoms with E-state index in [4.69, 9.17) is 20.4 Å². The van der Waals surface area contributed by atoms with Gasteiger partial charge < -0.3 is 29.9 Å². The Kier molecular flexibility index (Phi) is 8.32. The molecule has 172 valence electrons. The van der Waals surface area contributed by atoms with Gasteiger partial charge in [0.15, 0.2) is 0 Å². The van der Waals surface area contributed by atoms with Gasteiger partial charge in [-0.1, -0.05) is 0 Å². The van der Waals surface area contributed by atoms with Crippen molar-refractivity contribution in [2.24, 2.45) is 5.41 Å². The van der Waals surface area contributed by atoms with Gasteiger partial charge in [-0.2, -0.15) is 39.5 Å². The van der Waals surface area contributed by atoms with Crippen LogP contribution in [-0.2, 0) is 19.1 Å². The van der Waals surface area contributed by atoms with E-state index in [1.807, 2.05) is 0 Å². The molecule has 8 nitrogen and oxygen atoms in total. The second kappa shape index (κ2) is 8.88. The first kappa shape index (κ1) is 27.1. The van der Waals surface area contributed by atoms with Crippen molar-refractivity contribution < 1.29 is 79.0 Å². The predicted molar refractivity (Wildman–Crippen MR) is 67.6 cm³/mol. The first-order valence-electron chi connectivity index (χ1n) is 6.95. The Morgan fingerprint density at radius 2 is 1.17 bits per heavy atom. The maximum atomic E-state index is 12.5. The average molecular weight is 456 g/mol. The summed E-state index contributed by atoms with van der Waals surface area (Å²) in [7, 11) is 0. The Morgan fingerprint density at radius 1 is 0.793 bits per heavy atom. The van der Waals surface area contributed by atoms with Gasteiger partial charge >= 0.3 is 36.1 Å². The maximum absolute atomic E-state index is 12.5. The van der Waals surface area contributed by atoms with Gasteiger partial charge in [0.25, 0.3) is 0 Å². The SMILES string of the molecule is O=C(OCC(CO)(CO)COC(=O)C(O)(C(F)(F)F)C(F)(F)F)C(O)C(F)(F)F. The van der Waals surface area contributed by atoms with Crippen LogP contribution in [0.5, 0.6) is 0 Å². The summed E-state index contributed by atoms with van der Waals surface area (Å²) in [6.45, 7) is -6.26. The number of hydrogen-bond donors (Lipinski definition) is 4. The number of aliphatic hydroxyl groups excluding tert-OH is 3. The zero-order valence-corrected chi connectivity index (χ0v) is 13.7. The van der Waals surface area contributed by atoms with Crippen molar-refractivity contribution in [1.82, 2.24) is 0 Å². The Bertz CT molecular complexity index is 565. The molecule has 4 N–H and O–H groups in total. The molecule has 0 saturated heterocycles. The molecule has 0 radical (unpaired) electrons. The number of carbonyl (C=O) groups excluding carboxylic acids is 2. The molecular formula is C12H13F9O8. The van der Waals surface area contributed by atoms with E-state index in [0.29, 0.717) is 0 Å². The second-order valence-electron chi connectivity index (χ2n) is 5.65. The zero-order chi connectivity index (χ0) is 23.5. The molecule has 0 spiro atoms. The summed E-state index contributed by atoms with van der Waals surface area (Å²) >= 11 is 0. The van der Waals surface area contributed by atoms with Gasteiger partial charge in [0, 0.05) is 0 Å². The lowest BCUT2D eigenvalue weighted by Gasteiger charge is -2.33. The van der Waals surface area contributed by atoms with Gasteiger partial charge in [-0.15, -0.1) is 0 Å². The highest BCUT2D eigenvalue weighted by Gasteiger charge is 2.76. The normalized spacial score (nSPS) is 15.1. The van der Waals surface area contributed by atoms with Gasteiger partial charge in [-0.25, -0.2) is 9.59 Å². The highest BCUT2D eigenvalue weighted by molar-refractivity contribution is 5.81. The molecule has 0 aliphatic rings. The van der Waals surface area contributed by atoms with Crippen molar-refractivity contribution in [1.29, 1.82) is 0 Å². The van der Waals surface area contributed by atoms with Gasteiger partial charge in [0.2, 0.25) is 6.10 Å². The zero-order valence-electron chi connectivity index (χ0n) is 13.7. The summed E-state index contributed by atoms with van der Waals surface area (Å²) < 4.78 is 119. The van der Waals surface area contributed by atoms with Crippen molar-refractivity contribution in [3.05, 3.63) is 0 Å². The number of halogens is 9. The highest BCUT2D eigenvalue weighted by Crippen LogP contribution is 2.44. The lowest BCUT2D eigenvalue weighted by atomic mass is 9.92. The number of hydrogen-bond acceptors (Lipinski definition) is 8. The van der Waals surface area contributed by atoms with Crippen LogP contribution in [0.4, 0.5) is 39.5 Å². The van der Waals surface area contributed by atoms with Crippen LogP contribution in [0.1, 0.15) is 0 Å². The summed E-state index contributed by atoms with van der Waals surface area (Å²) in [5.41, 5.74) is -8.57. The topological polar surface area (TPSA) is 134 Å². The number of ether oxygens (including phenoxy) is 2. The standard InChI is InChI=1S/C12H13F9O8/c13-10(14,15)5(24)6(25)28-3-8(1-22,2-23)4-29-7(26)9(27,11(16,17)18)12(19,20)21/h5,22-24,27H,1-4H2. The third-order valence-corrected chi connectivity index (χ3v) is 3.35.